The average molecular weight is 337 g/mol. The molecule has 4 rings (SSSR count). The molecule has 0 radical (unpaired) electrons. The molecule has 2 aromatic heterocycles. The van der Waals surface area contributed by atoms with Crippen molar-refractivity contribution < 1.29 is 0 Å². The van der Waals surface area contributed by atoms with Crippen LogP contribution in [0.4, 0.5) is 5.95 Å². The Balaban J connectivity index is 1.55. The lowest BCUT2D eigenvalue weighted by molar-refractivity contribution is 0.813. The highest BCUT2D eigenvalue weighted by Crippen LogP contribution is 2.54. The molecule has 24 heavy (non-hydrogen) atoms. The van der Waals surface area contributed by atoms with Crippen molar-refractivity contribution >= 4 is 17.3 Å². The number of anilines is 1. The van der Waals surface area contributed by atoms with Gasteiger partial charge >= 0.3 is 0 Å². The first-order valence-electron chi connectivity index (χ1n) is 8.02. The number of nitrogen functional groups attached to an aromatic ring is 1. The number of hydrogen-bond acceptors (Lipinski definition) is 4. The molecule has 1 aliphatic carbocycles. The predicted octanol–water partition coefficient (Wildman–Crippen LogP) is 3.67. The molecule has 0 saturated heterocycles. The van der Waals surface area contributed by atoms with Gasteiger partial charge in [0.2, 0.25) is 5.95 Å². The summed E-state index contributed by atoms with van der Waals surface area (Å²) in [6, 6.07) is 12.6. The normalized spacial score (nSPS) is 19.4. The molecule has 0 spiro atoms. The van der Waals surface area contributed by atoms with Gasteiger partial charge in [-0.3, -0.25) is 9.36 Å². The summed E-state index contributed by atoms with van der Waals surface area (Å²) in [6.45, 7) is 2.12. The average Bonchev–Trinajstić information content (AvgIpc) is 3.26. The first kappa shape index (κ1) is 15.1. The molecule has 0 unspecified atom stereocenters. The van der Waals surface area contributed by atoms with Gasteiger partial charge in [-0.1, -0.05) is 24.3 Å². The number of rotatable bonds is 3. The summed E-state index contributed by atoms with van der Waals surface area (Å²) >= 11 is 1.77. The number of nitrogens with two attached hydrogens (primary N) is 1. The molecule has 1 saturated carbocycles. The molecular formula is C19H19N3OS. The van der Waals surface area contributed by atoms with E-state index in [-0.39, 0.29) is 11.5 Å². The van der Waals surface area contributed by atoms with Crippen LogP contribution in [0.5, 0.6) is 0 Å². The fraction of sp³-hybridized carbons (Fsp3) is 0.263. The summed E-state index contributed by atoms with van der Waals surface area (Å²) in [6.07, 6.45) is 1.02. The van der Waals surface area contributed by atoms with Crippen LogP contribution in [-0.4, -0.2) is 9.55 Å². The predicted molar refractivity (Wildman–Crippen MR) is 98.5 cm³/mol. The van der Waals surface area contributed by atoms with Crippen LogP contribution < -0.4 is 11.3 Å². The molecule has 2 N–H and O–H groups in total. The minimum atomic E-state index is -0.0911. The molecule has 1 fully saturated rings. The van der Waals surface area contributed by atoms with E-state index in [0.717, 1.165) is 12.1 Å². The maximum atomic E-state index is 11.9. The summed E-state index contributed by atoms with van der Waals surface area (Å²) < 4.78 is 1.37. The van der Waals surface area contributed by atoms with Crippen LogP contribution in [0.2, 0.25) is 0 Å². The Morgan fingerprint density at radius 2 is 1.96 bits per heavy atom. The molecule has 5 heteroatoms. The maximum Gasteiger partial charge on any atom is 0.254 e. The first-order valence-corrected chi connectivity index (χ1v) is 8.90. The van der Waals surface area contributed by atoms with Crippen molar-refractivity contribution in [2.24, 2.45) is 7.05 Å². The Labute approximate surface area is 144 Å². The molecule has 1 aliphatic rings. The van der Waals surface area contributed by atoms with Gasteiger partial charge in [0.05, 0.1) is 5.69 Å². The zero-order chi connectivity index (χ0) is 16.8. The lowest BCUT2D eigenvalue weighted by Gasteiger charge is -2.06. The minimum Gasteiger partial charge on any atom is -0.369 e. The largest absolute Gasteiger partial charge is 0.369 e. The van der Waals surface area contributed by atoms with Crippen LogP contribution in [0.25, 0.3) is 10.4 Å². The summed E-state index contributed by atoms with van der Waals surface area (Å²) in [7, 11) is 1.64. The molecule has 1 aromatic carbocycles. The summed E-state index contributed by atoms with van der Waals surface area (Å²) in [5, 5.41) is 2.17. The molecule has 122 valence electrons. The monoisotopic (exact) mass is 337 g/mol. The van der Waals surface area contributed by atoms with E-state index in [1.54, 1.807) is 24.5 Å². The highest BCUT2D eigenvalue weighted by Gasteiger charge is 2.41. The van der Waals surface area contributed by atoms with E-state index in [9.17, 15) is 4.79 Å². The van der Waals surface area contributed by atoms with E-state index in [2.05, 4.69) is 47.6 Å². The fourth-order valence-electron chi connectivity index (χ4n) is 3.13. The van der Waals surface area contributed by atoms with Gasteiger partial charge in [-0.2, -0.15) is 0 Å². The molecule has 2 heterocycles. The molecule has 3 aromatic rings. The zero-order valence-corrected chi connectivity index (χ0v) is 14.5. The van der Waals surface area contributed by atoms with Crippen molar-refractivity contribution in [1.82, 2.24) is 9.55 Å². The topological polar surface area (TPSA) is 60.9 Å². The van der Waals surface area contributed by atoms with Crippen molar-refractivity contribution in [2.45, 2.75) is 25.2 Å². The molecule has 0 bridgehead atoms. The van der Waals surface area contributed by atoms with E-state index in [1.807, 2.05) is 0 Å². The second-order valence-corrected chi connectivity index (χ2v) is 7.41. The van der Waals surface area contributed by atoms with E-state index >= 15 is 0 Å². The Bertz CT molecular complexity index is 955. The van der Waals surface area contributed by atoms with E-state index < -0.39 is 0 Å². The SMILES string of the molecule is Cc1csc(-c2ccc([C@@H]3C[C@@H]3c3cc(=O)n(C)c(N)n3)cc2)c1. The standard InChI is InChI=1S/C19H19N3OS/c1-11-7-17(24-10-11)13-5-3-12(4-6-13)14-8-15(14)16-9-18(23)22(2)19(20)21-16/h3-7,9-10,14-15H,8H2,1-2H3,(H2,20,21)/t14-,15-/m0/s1. The number of thiophene rings is 1. The van der Waals surface area contributed by atoms with Crippen molar-refractivity contribution in [1.29, 1.82) is 0 Å². The third-order valence-electron chi connectivity index (χ3n) is 4.71. The summed E-state index contributed by atoms with van der Waals surface area (Å²) in [5.74, 6) is 1.02. The highest BCUT2D eigenvalue weighted by molar-refractivity contribution is 7.13. The molecule has 0 amide bonds. The Hall–Kier alpha value is -2.40. The van der Waals surface area contributed by atoms with Gasteiger partial charge in [0, 0.05) is 23.9 Å². The number of benzene rings is 1. The molecule has 2 atom stereocenters. The van der Waals surface area contributed by atoms with Gasteiger partial charge in [0.1, 0.15) is 0 Å². The molecular weight excluding hydrogens is 318 g/mol. The van der Waals surface area contributed by atoms with Gasteiger partial charge in [-0.05, 0) is 47.4 Å². The van der Waals surface area contributed by atoms with Gasteiger partial charge in [0.15, 0.2) is 0 Å². The van der Waals surface area contributed by atoms with Crippen LogP contribution >= 0.6 is 11.3 Å². The summed E-state index contributed by atoms with van der Waals surface area (Å²) in [4.78, 5) is 17.6. The summed E-state index contributed by atoms with van der Waals surface area (Å²) in [5.41, 5.74) is 10.4. The Morgan fingerprint density at radius 1 is 1.21 bits per heavy atom. The lowest BCUT2D eigenvalue weighted by Crippen LogP contribution is -2.21. The zero-order valence-electron chi connectivity index (χ0n) is 13.7. The Morgan fingerprint density at radius 3 is 2.58 bits per heavy atom. The number of nitrogens with zero attached hydrogens (tertiary/aromatic N) is 2. The second kappa shape index (κ2) is 5.60. The maximum absolute atomic E-state index is 11.9. The van der Waals surface area contributed by atoms with Gasteiger partial charge in [0.25, 0.3) is 5.56 Å². The minimum absolute atomic E-state index is 0.0911. The van der Waals surface area contributed by atoms with Crippen LogP contribution in [0.1, 0.15) is 35.1 Å². The van der Waals surface area contributed by atoms with Crippen molar-refractivity contribution in [2.75, 3.05) is 5.73 Å². The molecule has 0 aliphatic heterocycles. The van der Waals surface area contributed by atoms with Gasteiger partial charge < -0.3 is 5.73 Å². The van der Waals surface area contributed by atoms with Gasteiger partial charge in [-0.25, -0.2) is 4.98 Å². The highest BCUT2D eigenvalue weighted by atomic mass is 32.1. The molecule has 4 nitrogen and oxygen atoms in total. The van der Waals surface area contributed by atoms with Crippen molar-refractivity contribution in [3.8, 4) is 10.4 Å². The first-order chi connectivity index (χ1) is 11.5. The third-order valence-corrected chi connectivity index (χ3v) is 5.81. The smallest absolute Gasteiger partial charge is 0.254 e. The fourth-order valence-corrected chi connectivity index (χ4v) is 4.04. The third kappa shape index (κ3) is 2.65. The number of aryl methyl sites for hydroxylation is 1. The number of aromatic nitrogens is 2. The lowest BCUT2D eigenvalue weighted by atomic mass is 10.0. The van der Waals surface area contributed by atoms with Crippen LogP contribution in [0.3, 0.4) is 0 Å². The number of hydrogen-bond donors (Lipinski definition) is 1. The van der Waals surface area contributed by atoms with Crippen molar-refractivity contribution in [3.05, 3.63) is 69.0 Å². The Kier molecular flexibility index (Phi) is 3.53. The van der Waals surface area contributed by atoms with Crippen molar-refractivity contribution in [3.63, 3.8) is 0 Å². The van der Waals surface area contributed by atoms with E-state index in [4.69, 9.17) is 5.73 Å². The van der Waals surface area contributed by atoms with E-state index in [1.165, 1.54) is 26.1 Å². The second-order valence-electron chi connectivity index (χ2n) is 6.50. The van der Waals surface area contributed by atoms with Crippen LogP contribution in [0.15, 0.2) is 46.6 Å². The van der Waals surface area contributed by atoms with Crippen LogP contribution in [-0.2, 0) is 7.05 Å². The van der Waals surface area contributed by atoms with Crippen LogP contribution in [0, 0.1) is 6.92 Å². The van der Waals surface area contributed by atoms with E-state index in [0.29, 0.717) is 11.8 Å². The van der Waals surface area contributed by atoms with Gasteiger partial charge in [-0.15, -0.1) is 11.3 Å². The quantitative estimate of drug-likeness (QED) is 0.793.